The van der Waals surface area contributed by atoms with E-state index in [2.05, 4.69) is 20.8 Å². The highest BCUT2D eigenvalue weighted by Gasteiger charge is 2.36. The van der Waals surface area contributed by atoms with Gasteiger partial charge < -0.3 is 15.5 Å². The van der Waals surface area contributed by atoms with Gasteiger partial charge in [-0.15, -0.1) is 5.10 Å². The minimum atomic E-state index is -0.0725. The van der Waals surface area contributed by atoms with Crippen LogP contribution in [-0.4, -0.2) is 41.1 Å². The number of hydrogen-bond donors (Lipinski definition) is 2. The first kappa shape index (κ1) is 19.0. The number of fused-ring (bicyclic) bond motifs is 3. The predicted molar refractivity (Wildman–Crippen MR) is 114 cm³/mol. The zero-order valence-corrected chi connectivity index (χ0v) is 17.0. The van der Waals surface area contributed by atoms with Crippen LogP contribution in [0.25, 0.3) is 0 Å². The van der Waals surface area contributed by atoms with Gasteiger partial charge in [0.05, 0.1) is 5.92 Å². The van der Waals surface area contributed by atoms with E-state index in [9.17, 15) is 9.59 Å². The van der Waals surface area contributed by atoms with Crippen molar-refractivity contribution >= 4 is 23.3 Å². The van der Waals surface area contributed by atoms with E-state index in [-0.39, 0.29) is 17.7 Å². The number of aromatic nitrogens is 2. The molecule has 2 bridgehead atoms. The first-order valence-corrected chi connectivity index (χ1v) is 10.9. The molecule has 0 spiro atoms. The topological polar surface area (TPSA) is 87.2 Å². The number of nitrogens with zero attached hydrogens (tertiary/aromatic N) is 3. The standard InChI is InChI=1S/C23H27N5O2/c29-22(26-20-12-15-3-5-16(20)6-4-15)17-7-9-19(10-8-17)25-23(30)18-13-28(14-18)21-2-1-11-24-27-21/h1-2,7-11,15-16,18,20H,3-6,12-14H2,(H,25,30)(H,26,29). The van der Waals surface area contributed by atoms with Crippen LogP contribution < -0.4 is 15.5 Å². The molecule has 1 unspecified atom stereocenters. The Hall–Kier alpha value is -2.96. The van der Waals surface area contributed by atoms with Crippen LogP contribution in [0.4, 0.5) is 11.5 Å². The Kier molecular flexibility index (Phi) is 5.11. The van der Waals surface area contributed by atoms with Crippen molar-refractivity contribution in [1.29, 1.82) is 0 Å². The summed E-state index contributed by atoms with van der Waals surface area (Å²) in [7, 11) is 0. The third-order valence-electron chi connectivity index (χ3n) is 6.91. The van der Waals surface area contributed by atoms with Gasteiger partial charge in [-0.05, 0) is 67.5 Å². The van der Waals surface area contributed by atoms with Crippen molar-refractivity contribution in [2.45, 2.75) is 38.1 Å². The minimum Gasteiger partial charge on any atom is -0.353 e. The molecule has 156 valence electrons. The lowest BCUT2D eigenvalue weighted by atomic mass is 9.68. The fourth-order valence-electron chi connectivity index (χ4n) is 5.05. The molecule has 1 aromatic carbocycles. The number of amides is 2. The van der Waals surface area contributed by atoms with Gasteiger partial charge >= 0.3 is 0 Å². The van der Waals surface area contributed by atoms with Crippen LogP contribution in [0.3, 0.4) is 0 Å². The van der Waals surface area contributed by atoms with Crippen molar-refractivity contribution in [2.24, 2.45) is 17.8 Å². The fraction of sp³-hybridized carbons (Fsp3) is 0.478. The SMILES string of the molecule is O=C(NC1CC2CCC1CC2)c1ccc(NC(=O)C2CN(c3cccnn3)C2)cc1. The van der Waals surface area contributed by atoms with Crippen LogP contribution in [-0.2, 0) is 4.79 Å². The highest BCUT2D eigenvalue weighted by molar-refractivity contribution is 5.97. The Labute approximate surface area is 176 Å². The van der Waals surface area contributed by atoms with Crippen LogP contribution in [0.2, 0.25) is 0 Å². The molecular formula is C23H27N5O2. The molecule has 6 rings (SSSR count). The maximum Gasteiger partial charge on any atom is 0.251 e. The summed E-state index contributed by atoms with van der Waals surface area (Å²) in [6.45, 7) is 1.27. The molecule has 2 heterocycles. The second kappa shape index (κ2) is 8.05. The quantitative estimate of drug-likeness (QED) is 0.799. The van der Waals surface area contributed by atoms with Crippen molar-refractivity contribution in [2.75, 3.05) is 23.3 Å². The third kappa shape index (κ3) is 3.88. The van der Waals surface area contributed by atoms with Gasteiger partial charge in [-0.3, -0.25) is 9.59 Å². The maximum atomic E-state index is 12.6. The van der Waals surface area contributed by atoms with E-state index in [4.69, 9.17) is 0 Å². The van der Waals surface area contributed by atoms with Gasteiger partial charge in [0.15, 0.2) is 5.82 Å². The number of nitrogens with one attached hydrogen (secondary N) is 2. The normalized spacial score (nSPS) is 25.5. The number of anilines is 2. The largest absolute Gasteiger partial charge is 0.353 e. The summed E-state index contributed by atoms with van der Waals surface area (Å²) in [5.74, 6) is 2.13. The van der Waals surface area contributed by atoms with Crippen molar-refractivity contribution in [3.05, 3.63) is 48.2 Å². The van der Waals surface area contributed by atoms with Crippen LogP contribution >= 0.6 is 0 Å². The Morgan fingerprint density at radius 1 is 1.00 bits per heavy atom. The molecule has 1 atom stereocenters. The van der Waals surface area contributed by atoms with E-state index in [0.29, 0.717) is 36.3 Å². The van der Waals surface area contributed by atoms with Crippen LogP contribution in [0.15, 0.2) is 42.6 Å². The highest BCUT2D eigenvalue weighted by Crippen LogP contribution is 2.41. The van der Waals surface area contributed by atoms with Gasteiger partial charge in [-0.1, -0.05) is 12.8 Å². The zero-order chi connectivity index (χ0) is 20.5. The van der Waals surface area contributed by atoms with E-state index < -0.39 is 0 Å². The Morgan fingerprint density at radius 3 is 2.40 bits per heavy atom. The van der Waals surface area contributed by atoms with Crippen LogP contribution in [0.1, 0.15) is 42.5 Å². The minimum absolute atomic E-state index is 0.00873. The maximum absolute atomic E-state index is 12.6. The molecule has 0 radical (unpaired) electrons. The first-order valence-electron chi connectivity index (χ1n) is 10.9. The van der Waals surface area contributed by atoms with E-state index in [0.717, 1.165) is 18.2 Å². The molecule has 2 aromatic rings. The number of rotatable bonds is 5. The lowest BCUT2D eigenvalue weighted by Crippen LogP contribution is -2.52. The highest BCUT2D eigenvalue weighted by atomic mass is 16.2. The summed E-state index contributed by atoms with van der Waals surface area (Å²) in [6, 6.07) is 11.2. The van der Waals surface area contributed by atoms with Gasteiger partial charge in [0.1, 0.15) is 0 Å². The predicted octanol–water partition coefficient (Wildman–Crippen LogP) is 2.86. The summed E-state index contributed by atoms with van der Waals surface area (Å²) < 4.78 is 0. The van der Waals surface area contributed by atoms with Crippen molar-refractivity contribution < 1.29 is 9.59 Å². The molecule has 7 nitrogen and oxygen atoms in total. The molecule has 1 aliphatic heterocycles. The third-order valence-corrected chi connectivity index (χ3v) is 6.91. The second-order valence-electron chi connectivity index (χ2n) is 8.85. The van der Waals surface area contributed by atoms with E-state index >= 15 is 0 Å². The molecule has 4 fully saturated rings. The molecule has 7 heteroatoms. The molecule has 3 aliphatic carbocycles. The number of benzene rings is 1. The van der Waals surface area contributed by atoms with Gasteiger partial charge in [0.25, 0.3) is 5.91 Å². The molecule has 3 saturated carbocycles. The van der Waals surface area contributed by atoms with Crippen molar-refractivity contribution in [1.82, 2.24) is 15.5 Å². The summed E-state index contributed by atoms with van der Waals surface area (Å²) in [4.78, 5) is 27.1. The number of carbonyl (C=O) groups excluding carboxylic acids is 2. The van der Waals surface area contributed by atoms with Gasteiger partial charge in [-0.2, -0.15) is 5.10 Å². The van der Waals surface area contributed by atoms with Crippen LogP contribution in [0, 0.1) is 17.8 Å². The number of hydrogen-bond acceptors (Lipinski definition) is 5. The summed E-state index contributed by atoms with van der Waals surface area (Å²) in [5.41, 5.74) is 1.36. The van der Waals surface area contributed by atoms with Gasteiger partial charge in [-0.25, -0.2) is 0 Å². The van der Waals surface area contributed by atoms with Gasteiger partial charge in [0.2, 0.25) is 5.91 Å². The van der Waals surface area contributed by atoms with E-state index in [1.807, 2.05) is 17.0 Å². The number of carbonyl (C=O) groups is 2. The second-order valence-corrected chi connectivity index (χ2v) is 8.85. The Balaban J connectivity index is 1.12. The van der Waals surface area contributed by atoms with Gasteiger partial charge in [0, 0.05) is 36.6 Å². The van der Waals surface area contributed by atoms with Crippen LogP contribution in [0.5, 0.6) is 0 Å². The smallest absolute Gasteiger partial charge is 0.251 e. The summed E-state index contributed by atoms with van der Waals surface area (Å²) in [5, 5.41) is 14.1. The summed E-state index contributed by atoms with van der Waals surface area (Å²) in [6.07, 6.45) is 7.89. The Morgan fingerprint density at radius 2 is 1.77 bits per heavy atom. The molecular weight excluding hydrogens is 378 g/mol. The van der Waals surface area contributed by atoms with Crippen molar-refractivity contribution in [3.8, 4) is 0 Å². The van der Waals surface area contributed by atoms with Crippen molar-refractivity contribution in [3.63, 3.8) is 0 Å². The Bertz CT molecular complexity index is 903. The lowest BCUT2D eigenvalue weighted by Gasteiger charge is -2.42. The summed E-state index contributed by atoms with van der Waals surface area (Å²) >= 11 is 0. The lowest BCUT2D eigenvalue weighted by molar-refractivity contribution is -0.120. The molecule has 2 N–H and O–H groups in total. The fourth-order valence-corrected chi connectivity index (χ4v) is 5.05. The average Bonchev–Trinajstić information content (AvgIpc) is 2.75. The molecule has 30 heavy (non-hydrogen) atoms. The first-order chi connectivity index (χ1) is 14.7. The average molecular weight is 406 g/mol. The molecule has 4 aliphatic rings. The van der Waals surface area contributed by atoms with E-state index in [1.165, 1.54) is 25.7 Å². The molecule has 1 aromatic heterocycles. The monoisotopic (exact) mass is 405 g/mol. The zero-order valence-electron chi connectivity index (χ0n) is 17.0. The van der Waals surface area contributed by atoms with E-state index in [1.54, 1.807) is 30.5 Å². The molecule has 2 amide bonds. The molecule has 1 saturated heterocycles.